The second kappa shape index (κ2) is 6.34. The van der Waals surface area contributed by atoms with Crippen LogP contribution in [0.2, 0.25) is 0 Å². The van der Waals surface area contributed by atoms with Crippen molar-refractivity contribution >= 4 is 53.5 Å². The zero-order valence-electron chi connectivity index (χ0n) is 10.4. The van der Waals surface area contributed by atoms with Crippen LogP contribution in [0.25, 0.3) is 0 Å². The van der Waals surface area contributed by atoms with Crippen molar-refractivity contribution in [2.45, 2.75) is 23.6 Å². The summed E-state index contributed by atoms with van der Waals surface area (Å²) in [5.41, 5.74) is 0.488. The van der Waals surface area contributed by atoms with Crippen molar-refractivity contribution in [1.82, 2.24) is 0 Å². The van der Waals surface area contributed by atoms with E-state index in [2.05, 4.69) is 37.2 Å². The molecule has 0 saturated carbocycles. The average molecular weight is 414 g/mol. The normalized spacial score (nSPS) is 13.4. The first-order valence-electron chi connectivity index (χ1n) is 5.40. The number of amides is 1. The Morgan fingerprint density at radius 1 is 1.37 bits per heavy atom. The van der Waals surface area contributed by atoms with Gasteiger partial charge in [0.1, 0.15) is 0 Å². The number of benzene rings is 1. The van der Waals surface area contributed by atoms with E-state index in [9.17, 15) is 13.2 Å². The highest BCUT2D eigenvalue weighted by Crippen LogP contribution is 2.26. The number of anilines is 1. The lowest BCUT2D eigenvalue weighted by molar-refractivity contribution is -0.116. The summed E-state index contributed by atoms with van der Waals surface area (Å²) in [5.74, 6) is -0.0541. The maximum Gasteiger partial charge on any atom is 0.238 e. The molecule has 0 saturated heterocycles. The van der Waals surface area contributed by atoms with Gasteiger partial charge in [-0.05, 0) is 40.0 Å². The van der Waals surface area contributed by atoms with Crippen molar-refractivity contribution in [2.24, 2.45) is 11.1 Å². The Labute approximate surface area is 129 Å². The number of rotatable bonds is 4. The molecule has 0 aromatic heterocycles. The van der Waals surface area contributed by atoms with Crippen LogP contribution < -0.4 is 10.5 Å². The molecular weight excluding hydrogens is 400 g/mol. The van der Waals surface area contributed by atoms with Gasteiger partial charge in [-0.1, -0.05) is 29.8 Å². The Bertz CT molecular complexity index is 588. The molecule has 1 rings (SSSR count). The Balaban J connectivity index is 2.96. The highest BCUT2D eigenvalue weighted by atomic mass is 79.9. The lowest BCUT2D eigenvalue weighted by atomic mass is 10.1. The first-order valence-corrected chi connectivity index (χ1v) is 8.65. The van der Waals surface area contributed by atoms with Gasteiger partial charge in [0.25, 0.3) is 0 Å². The molecule has 0 bridgehead atoms. The first kappa shape index (κ1) is 16.6. The lowest BCUT2D eigenvalue weighted by Crippen LogP contribution is -2.27. The van der Waals surface area contributed by atoms with Gasteiger partial charge in [-0.25, -0.2) is 13.6 Å². The van der Waals surface area contributed by atoms with Crippen LogP contribution in [0.3, 0.4) is 0 Å². The molecule has 3 N–H and O–H groups in total. The van der Waals surface area contributed by atoms with Gasteiger partial charge in [-0.15, -0.1) is 0 Å². The molecule has 0 heterocycles. The van der Waals surface area contributed by atoms with Crippen LogP contribution in [0.5, 0.6) is 0 Å². The summed E-state index contributed by atoms with van der Waals surface area (Å²) in [4.78, 5) is 11.5. The quantitative estimate of drug-likeness (QED) is 0.743. The smallest absolute Gasteiger partial charge is 0.238 e. The van der Waals surface area contributed by atoms with Gasteiger partial charge in [0.15, 0.2) is 0 Å². The monoisotopic (exact) mass is 412 g/mol. The summed E-state index contributed by atoms with van der Waals surface area (Å²) < 4.78 is 22.8. The molecule has 8 heteroatoms. The number of carbonyl (C=O) groups excluding carboxylic acids is 1. The topological polar surface area (TPSA) is 89.3 Å². The summed E-state index contributed by atoms with van der Waals surface area (Å²) in [6.07, 6.45) is 0. The van der Waals surface area contributed by atoms with Crippen molar-refractivity contribution in [1.29, 1.82) is 0 Å². The molecule has 106 valence electrons. The van der Waals surface area contributed by atoms with Crippen LogP contribution in [0.4, 0.5) is 5.69 Å². The summed E-state index contributed by atoms with van der Waals surface area (Å²) >= 11 is 6.50. The number of nitrogens with one attached hydrogen (secondary N) is 1. The average Bonchev–Trinajstić information content (AvgIpc) is 2.29. The molecule has 1 aromatic rings. The van der Waals surface area contributed by atoms with E-state index in [4.69, 9.17) is 5.14 Å². The van der Waals surface area contributed by atoms with E-state index in [1.54, 1.807) is 0 Å². The van der Waals surface area contributed by atoms with Gasteiger partial charge < -0.3 is 5.32 Å². The van der Waals surface area contributed by atoms with E-state index in [-0.39, 0.29) is 21.5 Å². The van der Waals surface area contributed by atoms with E-state index in [0.717, 1.165) is 0 Å². The molecule has 0 aliphatic carbocycles. The molecule has 0 spiro atoms. The molecule has 1 atom stereocenters. The minimum Gasteiger partial charge on any atom is -0.324 e. The van der Waals surface area contributed by atoms with Crippen LogP contribution in [0.1, 0.15) is 13.8 Å². The Morgan fingerprint density at radius 2 is 1.95 bits per heavy atom. The predicted octanol–water partition coefficient (Wildman–Crippen LogP) is 2.45. The van der Waals surface area contributed by atoms with E-state index < -0.39 is 10.0 Å². The third-order valence-electron chi connectivity index (χ3n) is 2.36. The largest absolute Gasteiger partial charge is 0.324 e. The van der Waals surface area contributed by atoms with E-state index in [1.807, 2.05) is 13.8 Å². The van der Waals surface area contributed by atoms with Crippen molar-refractivity contribution < 1.29 is 13.2 Å². The van der Waals surface area contributed by atoms with Crippen LogP contribution in [-0.2, 0) is 14.8 Å². The maximum absolute atomic E-state index is 11.9. The Kier molecular flexibility index (Phi) is 5.54. The van der Waals surface area contributed by atoms with Gasteiger partial charge in [-0.2, -0.15) is 0 Å². The maximum atomic E-state index is 11.9. The van der Waals surface area contributed by atoms with Crippen molar-refractivity contribution in [3.05, 3.63) is 22.7 Å². The second-order valence-electron chi connectivity index (χ2n) is 4.32. The summed E-state index contributed by atoms with van der Waals surface area (Å²) in [6.45, 7) is 3.83. The van der Waals surface area contributed by atoms with Gasteiger partial charge in [0, 0.05) is 4.47 Å². The van der Waals surface area contributed by atoms with E-state index >= 15 is 0 Å². The molecule has 5 nitrogen and oxygen atoms in total. The van der Waals surface area contributed by atoms with Crippen LogP contribution in [0, 0.1) is 5.92 Å². The highest BCUT2D eigenvalue weighted by molar-refractivity contribution is 9.10. The van der Waals surface area contributed by atoms with Gasteiger partial charge in [0.05, 0.1) is 15.4 Å². The fourth-order valence-electron chi connectivity index (χ4n) is 1.28. The van der Waals surface area contributed by atoms with Crippen molar-refractivity contribution in [2.75, 3.05) is 5.32 Å². The molecule has 0 aliphatic rings. The third-order valence-corrected chi connectivity index (χ3v) is 5.40. The number of alkyl halides is 1. The number of carbonyl (C=O) groups is 1. The standard InChI is InChI=1S/C11H14Br2N2O3S/c1-6(2)10(13)11(16)15-9-4-3-7(5-8(9)12)19(14,17)18/h3-6,10H,1-2H3,(H,15,16)(H2,14,17,18). The van der Waals surface area contributed by atoms with E-state index in [0.29, 0.717) is 10.2 Å². The zero-order valence-corrected chi connectivity index (χ0v) is 14.3. The molecule has 1 unspecified atom stereocenters. The number of primary sulfonamides is 1. The van der Waals surface area contributed by atoms with Crippen LogP contribution in [0.15, 0.2) is 27.6 Å². The van der Waals surface area contributed by atoms with E-state index in [1.165, 1.54) is 18.2 Å². The number of hydrogen-bond donors (Lipinski definition) is 2. The third kappa shape index (κ3) is 4.55. The molecule has 0 radical (unpaired) electrons. The number of sulfonamides is 1. The summed E-state index contributed by atoms with van der Waals surface area (Å²) in [6, 6.07) is 4.18. The van der Waals surface area contributed by atoms with Gasteiger partial charge >= 0.3 is 0 Å². The number of nitrogens with two attached hydrogens (primary N) is 1. The molecule has 19 heavy (non-hydrogen) atoms. The van der Waals surface area contributed by atoms with Gasteiger partial charge in [0.2, 0.25) is 15.9 Å². The minimum atomic E-state index is -3.75. The first-order chi connectivity index (χ1) is 8.62. The fourth-order valence-corrected chi connectivity index (χ4v) is 2.56. The SMILES string of the molecule is CC(C)C(Br)C(=O)Nc1ccc(S(N)(=O)=O)cc1Br. The van der Waals surface area contributed by atoms with Crippen molar-refractivity contribution in [3.63, 3.8) is 0 Å². The number of hydrogen-bond acceptors (Lipinski definition) is 3. The number of halogens is 2. The summed E-state index contributed by atoms with van der Waals surface area (Å²) in [7, 11) is -3.75. The minimum absolute atomic E-state index is 0.0170. The molecule has 1 aromatic carbocycles. The van der Waals surface area contributed by atoms with Crippen LogP contribution in [-0.4, -0.2) is 19.2 Å². The zero-order chi connectivity index (χ0) is 14.8. The lowest BCUT2D eigenvalue weighted by Gasteiger charge is -2.15. The second-order valence-corrected chi connectivity index (χ2v) is 7.72. The van der Waals surface area contributed by atoms with Crippen molar-refractivity contribution in [3.8, 4) is 0 Å². The molecule has 1 amide bonds. The molecule has 0 aliphatic heterocycles. The Morgan fingerprint density at radius 3 is 2.37 bits per heavy atom. The van der Waals surface area contributed by atoms with Gasteiger partial charge in [-0.3, -0.25) is 4.79 Å². The fraction of sp³-hybridized carbons (Fsp3) is 0.364. The predicted molar refractivity (Wildman–Crippen MR) is 81.7 cm³/mol. The highest BCUT2D eigenvalue weighted by Gasteiger charge is 2.20. The summed E-state index contributed by atoms with van der Waals surface area (Å²) in [5, 5.41) is 7.72. The molecule has 0 fully saturated rings. The van der Waals surface area contributed by atoms with Crippen LogP contribution >= 0.6 is 31.9 Å². The molecular formula is C11H14Br2N2O3S. The Hall–Kier alpha value is -0.440.